The van der Waals surface area contributed by atoms with Gasteiger partial charge in [0.1, 0.15) is 5.82 Å². The topological polar surface area (TPSA) is 36.8 Å². The van der Waals surface area contributed by atoms with E-state index >= 15 is 0 Å². The van der Waals surface area contributed by atoms with Crippen molar-refractivity contribution >= 4 is 51.4 Å². The van der Waals surface area contributed by atoms with Gasteiger partial charge in [0.2, 0.25) is 0 Å². The molecule has 0 spiro atoms. The van der Waals surface area contributed by atoms with Crippen molar-refractivity contribution in [1.29, 1.82) is 0 Å². The van der Waals surface area contributed by atoms with E-state index in [1.165, 1.54) is 45.1 Å². The first-order valence-electron chi connectivity index (χ1n) is 36.1. The number of benzene rings is 7. The summed E-state index contributed by atoms with van der Waals surface area (Å²) in [7, 11) is 1.25. The first-order chi connectivity index (χ1) is 46.2. The fourth-order valence-electron chi connectivity index (χ4n) is 14.4. The van der Waals surface area contributed by atoms with Gasteiger partial charge in [0.15, 0.2) is 0 Å². The molecule has 3 aliphatic heterocycles. The van der Waals surface area contributed by atoms with E-state index in [1.54, 1.807) is 5.47 Å². The normalized spacial score (nSPS) is 22.2. The summed E-state index contributed by atoms with van der Waals surface area (Å²) in [6.45, 7) is 6.40. The number of ether oxygens (including phenoxy) is 1. The van der Waals surface area contributed by atoms with Crippen LogP contribution in [0.5, 0.6) is 11.5 Å². The van der Waals surface area contributed by atoms with Crippen molar-refractivity contribution in [3.8, 4) is 39.6 Å². The van der Waals surface area contributed by atoms with E-state index < -0.39 is 0 Å². The van der Waals surface area contributed by atoms with Crippen LogP contribution in [-0.2, 0) is 26.5 Å². The zero-order valence-corrected chi connectivity index (χ0v) is 46.0. The number of fused-ring (bicyclic) bond motifs is 5. The van der Waals surface area contributed by atoms with E-state index in [0.717, 1.165) is 84.5 Å². The zero-order chi connectivity index (χ0) is 68.0. The van der Waals surface area contributed by atoms with Crippen LogP contribution in [0.4, 0.5) is 22.7 Å². The zero-order valence-electron chi connectivity index (χ0n) is 60.7. The number of allylic oxidation sites excluding steroid dienone is 5. The number of pyridine rings is 1. The number of nitrogens with zero attached hydrogens (tertiary/aromatic N) is 5. The molecule has 4 aliphatic carbocycles. The van der Waals surface area contributed by atoms with E-state index in [0.29, 0.717) is 23.3 Å². The molecule has 0 atom stereocenters. The van der Waals surface area contributed by atoms with Crippen molar-refractivity contribution in [3.05, 3.63) is 249 Å². The SMILES string of the molecule is CC.[2H]C.[2H][2H].[2H][2H].[2H][2H].[2H][2H].[2H][2H].[2H][2H].[2H][2H].[2H][2H].[Pt].[c-]1c(Oc2[c-]c3c(cc2)c2ccccc2n3-c2cc(C3(C4=CC=CN5C=CC=CB45)C4CC5CC(C4)CC3C5)ccn2)cccc1N1[CH-]N(c2c(-c3ccccc3)cccc2-c2ccccc2)c2ccccc21. The van der Waals surface area contributed by atoms with Crippen molar-refractivity contribution in [3.63, 3.8) is 0 Å². The summed E-state index contributed by atoms with van der Waals surface area (Å²) in [5.74, 6) is 7.42. The average molecular weight is 1220 g/mol. The molecule has 7 aliphatic rings. The van der Waals surface area contributed by atoms with Crippen LogP contribution in [0.3, 0.4) is 0 Å². The first kappa shape index (κ1) is 40.6. The second kappa shape index (κ2) is 20.7. The van der Waals surface area contributed by atoms with Crippen molar-refractivity contribution in [2.75, 3.05) is 9.80 Å². The molecule has 7 aromatic carbocycles. The first-order valence-corrected chi connectivity index (χ1v) is 27.1. The fraction of sp³-hybridized carbons (Fsp3) is 0.188. The third-order valence-corrected chi connectivity index (χ3v) is 17.1. The Bertz CT molecular complexity index is 3750. The van der Waals surface area contributed by atoms with Gasteiger partial charge in [-0.3, -0.25) is 0 Å². The molecule has 0 saturated heterocycles. The van der Waals surface area contributed by atoms with Crippen molar-refractivity contribution in [1.82, 2.24) is 14.4 Å². The van der Waals surface area contributed by atoms with Gasteiger partial charge in [0, 0.05) is 103 Å². The Morgan fingerprint density at radius 3 is 2.03 bits per heavy atom. The molecule has 4 saturated carbocycles. The van der Waals surface area contributed by atoms with Crippen LogP contribution >= 0.6 is 0 Å². The molecule has 8 heteroatoms. The summed E-state index contributed by atoms with van der Waals surface area (Å²) in [4.78, 5) is 12.2. The van der Waals surface area contributed by atoms with Gasteiger partial charge in [-0.2, -0.15) is 12.1 Å². The second-order valence-corrected chi connectivity index (χ2v) is 20.9. The van der Waals surface area contributed by atoms with E-state index in [4.69, 9.17) is 34.8 Å². The van der Waals surface area contributed by atoms with Crippen LogP contribution in [0, 0.1) is 42.5 Å². The van der Waals surface area contributed by atoms with Crippen LogP contribution in [-0.4, -0.2) is 21.2 Å². The van der Waals surface area contributed by atoms with Gasteiger partial charge in [0.05, 0.1) is 0 Å². The van der Waals surface area contributed by atoms with Gasteiger partial charge in [-0.1, -0.05) is 160 Å². The summed E-state index contributed by atoms with van der Waals surface area (Å²) in [6, 6.07) is 67.8. The molecule has 0 unspecified atom stereocenters. The maximum atomic E-state index is 6.83. The van der Waals surface area contributed by atoms with Crippen molar-refractivity contribution in [2.24, 2.45) is 23.7 Å². The van der Waals surface area contributed by atoms with Gasteiger partial charge in [0.25, 0.3) is 0 Å². The standard InChI is InChI=1S/C66H51BN5O.C2H6.CH4.Pt.8H2/c1-3-16-47(17-4-1)55-23-14-24-56(48-18-5-2-6-19-48)65(55)71-44-70(60-26-9-10-27-61(60)71)52-20-13-21-53(42-52)73-54-29-30-58-57-22-7-8-25-59(57)72(62(58)43-54)64-41-49(31-33-68-64)66(50-37-45-36-46(39-50)40-51(66)38-45)63-28-15-35-69-34-12-11-32-67(63)69;1-2;;;;;;;;;;/h1-35,41,44-46,50-51H,36-40H2;1-2H3;1H4;;8*1H/q-3;;;;;;;;;;;/i;;1D;;8*1+1D. The second-order valence-electron chi connectivity index (χ2n) is 20.9. The number of aromatic nitrogens is 2. The van der Waals surface area contributed by atoms with Gasteiger partial charge < -0.3 is 23.9 Å². The van der Waals surface area contributed by atoms with E-state index in [2.05, 4.69) is 245 Å². The van der Waals surface area contributed by atoms with Crippen LogP contribution in [0.15, 0.2) is 224 Å². The predicted octanol–water partition coefficient (Wildman–Crippen LogP) is 19.5. The van der Waals surface area contributed by atoms with Gasteiger partial charge >= 0.3 is 6.85 Å². The molecular formula is C69H77BN5OPt-3. The summed E-state index contributed by atoms with van der Waals surface area (Å²) in [5, 5.41) is 2.28. The van der Waals surface area contributed by atoms with Crippen LogP contribution in [0.2, 0.25) is 0 Å². The minimum atomic E-state index is -0.0777. The summed E-state index contributed by atoms with van der Waals surface area (Å²) < 4.78 is 94.9. The number of rotatable bonds is 9. The maximum Gasteiger partial charge on any atom is 0.316 e. The molecule has 400 valence electrons. The van der Waals surface area contributed by atoms with Crippen LogP contribution < -0.4 is 14.5 Å². The molecular weight excluding hydrogens is 1120 g/mol. The Kier molecular flexibility index (Phi) is 10.9. The molecule has 0 N–H and O–H groups in total. The van der Waals surface area contributed by atoms with Crippen LogP contribution in [0.25, 0.3) is 49.9 Å². The molecule has 5 heterocycles. The van der Waals surface area contributed by atoms with Gasteiger partial charge in [-0.25, -0.2) is 4.98 Å². The number of para-hydroxylation sites is 4. The molecule has 0 radical (unpaired) electrons. The molecule has 6 nitrogen and oxygen atoms in total. The number of hydrogen-bond donors (Lipinski definition) is 0. The molecule has 4 bridgehead atoms. The smallest absolute Gasteiger partial charge is 0.316 e. The number of hydrogen-bond acceptors (Lipinski definition) is 5. The Morgan fingerprint density at radius 1 is 0.662 bits per heavy atom. The third-order valence-electron chi connectivity index (χ3n) is 17.1. The van der Waals surface area contributed by atoms with E-state index in [-0.39, 0.29) is 33.3 Å². The average Bonchev–Trinajstić information content (AvgIpc) is 0.895. The van der Waals surface area contributed by atoms with Crippen molar-refractivity contribution in [2.45, 2.75) is 58.8 Å². The van der Waals surface area contributed by atoms with Gasteiger partial charge in [-0.05, 0) is 133 Å². The quantitative estimate of drug-likeness (QED) is 0.106. The largest absolute Gasteiger partial charge is 0.509 e. The van der Waals surface area contributed by atoms with Crippen LogP contribution in [0.1, 0.15) is 84.0 Å². The molecule has 4 fully saturated rings. The van der Waals surface area contributed by atoms with Gasteiger partial charge in [-0.15, -0.1) is 48.1 Å². The predicted molar refractivity (Wildman–Crippen MR) is 332 cm³/mol. The molecule has 16 rings (SSSR count). The molecule has 0 amide bonds. The Hall–Kier alpha value is -7.60. The Morgan fingerprint density at radius 2 is 1.30 bits per heavy atom. The minimum absolute atomic E-state index is 0. The monoisotopic (exact) mass is 1210 g/mol. The Labute approximate surface area is 495 Å². The Balaban J connectivity index is 0.000000825. The minimum Gasteiger partial charge on any atom is -0.509 e. The summed E-state index contributed by atoms with van der Waals surface area (Å²) >= 11 is 0. The third kappa shape index (κ3) is 8.32. The maximum absolute atomic E-state index is 6.83. The molecule has 9 aromatic rings. The van der Waals surface area contributed by atoms with E-state index in [9.17, 15) is 0 Å². The summed E-state index contributed by atoms with van der Waals surface area (Å²) in [6.07, 6.45) is 22.3. The summed E-state index contributed by atoms with van der Waals surface area (Å²) in [5.41, 5.74) is 13.6. The fourth-order valence-corrected chi connectivity index (χ4v) is 14.4. The van der Waals surface area contributed by atoms with Crippen molar-refractivity contribution < 1.29 is 50.9 Å². The molecule has 77 heavy (non-hydrogen) atoms. The van der Waals surface area contributed by atoms with E-state index in [1.807, 2.05) is 26.0 Å². The molecule has 2 aromatic heterocycles. The number of anilines is 4.